The van der Waals surface area contributed by atoms with Crippen molar-refractivity contribution in [3.63, 3.8) is 0 Å². The maximum absolute atomic E-state index is 10.6. The summed E-state index contributed by atoms with van der Waals surface area (Å²) in [5, 5.41) is 31.2. The molecule has 1 saturated heterocycles. The maximum atomic E-state index is 10.6. The van der Waals surface area contributed by atoms with Gasteiger partial charge in [-0.3, -0.25) is 5.41 Å². The molecule has 1 aromatic heterocycles. The Morgan fingerprint density at radius 2 is 1.62 bits per heavy atom. The van der Waals surface area contributed by atoms with Crippen LogP contribution >= 0.6 is 0 Å². The second kappa shape index (κ2) is 9.58. The summed E-state index contributed by atoms with van der Waals surface area (Å²) in [5.41, 5.74) is 2.30. The number of likely N-dealkylation sites (N-methyl/N-ethyl adjacent to an activating group) is 1. The van der Waals surface area contributed by atoms with Crippen molar-refractivity contribution in [1.29, 1.82) is 10.8 Å². The lowest BCUT2D eigenvalue weighted by molar-refractivity contribution is 0.114. The SMILES string of the molecule is CN(C)c1ccc(-c2ccc(C(=N)/C=C\C(=N)N(C)C3CC(C)(C)NC(C)(C)C3)c(O)c2)cn1. The summed E-state index contributed by atoms with van der Waals surface area (Å²) in [5.74, 6) is 1.25. The first kappa shape index (κ1) is 25.4. The fourth-order valence-electron chi connectivity index (χ4n) is 4.87. The van der Waals surface area contributed by atoms with Gasteiger partial charge in [-0.25, -0.2) is 4.98 Å². The third kappa shape index (κ3) is 6.03. The molecule has 7 heteroatoms. The summed E-state index contributed by atoms with van der Waals surface area (Å²) in [6.45, 7) is 8.79. The average molecular weight is 463 g/mol. The fraction of sp³-hybridized carbons (Fsp3) is 0.444. The van der Waals surface area contributed by atoms with E-state index in [1.807, 2.05) is 49.1 Å². The fourth-order valence-corrected chi connectivity index (χ4v) is 4.87. The van der Waals surface area contributed by atoms with Crippen LogP contribution in [0.15, 0.2) is 48.7 Å². The Labute approximate surface area is 203 Å². The lowest BCUT2D eigenvalue weighted by atomic mass is 9.79. The number of nitrogens with zero attached hydrogens (tertiary/aromatic N) is 3. The van der Waals surface area contributed by atoms with Crippen molar-refractivity contribution in [2.75, 3.05) is 26.0 Å². The number of aromatic hydroxyl groups is 1. The number of rotatable bonds is 6. The van der Waals surface area contributed by atoms with Crippen molar-refractivity contribution < 1.29 is 5.11 Å². The maximum Gasteiger partial charge on any atom is 0.127 e. The van der Waals surface area contributed by atoms with Crippen LogP contribution in [0.2, 0.25) is 0 Å². The van der Waals surface area contributed by atoms with E-state index >= 15 is 0 Å². The van der Waals surface area contributed by atoms with E-state index in [1.54, 1.807) is 30.5 Å². The number of hydrogen-bond acceptors (Lipinski definition) is 6. The first-order valence-corrected chi connectivity index (χ1v) is 11.6. The van der Waals surface area contributed by atoms with Gasteiger partial charge < -0.3 is 25.6 Å². The third-order valence-electron chi connectivity index (χ3n) is 6.33. The average Bonchev–Trinajstić information content (AvgIpc) is 2.74. The number of anilines is 1. The van der Waals surface area contributed by atoms with E-state index in [1.165, 1.54) is 0 Å². The van der Waals surface area contributed by atoms with Gasteiger partial charge in [0.25, 0.3) is 0 Å². The van der Waals surface area contributed by atoms with Gasteiger partial charge in [0.2, 0.25) is 0 Å². The van der Waals surface area contributed by atoms with E-state index in [4.69, 9.17) is 10.8 Å². The Kier molecular flexibility index (Phi) is 7.17. The molecule has 182 valence electrons. The van der Waals surface area contributed by atoms with E-state index in [0.717, 1.165) is 29.8 Å². The molecule has 0 radical (unpaired) electrons. The number of amidine groups is 1. The zero-order valence-electron chi connectivity index (χ0n) is 21.4. The molecule has 0 spiro atoms. The first-order chi connectivity index (χ1) is 15.8. The summed E-state index contributed by atoms with van der Waals surface area (Å²) in [6.07, 6.45) is 6.87. The molecule has 1 fully saturated rings. The number of phenols is 1. The molecule has 2 heterocycles. The highest BCUT2D eigenvalue weighted by Gasteiger charge is 2.39. The molecular weight excluding hydrogens is 424 g/mol. The molecule has 7 nitrogen and oxygen atoms in total. The molecule has 0 amide bonds. The van der Waals surface area contributed by atoms with Crippen LogP contribution in [-0.2, 0) is 0 Å². The molecule has 0 bridgehead atoms. The molecule has 0 atom stereocenters. The monoisotopic (exact) mass is 462 g/mol. The minimum absolute atomic E-state index is 0.00673. The normalized spacial score (nSPS) is 17.5. The zero-order valence-corrected chi connectivity index (χ0v) is 21.4. The third-order valence-corrected chi connectivity index (χ3v) is 6.33. The molecule has 1 aliphatic heterocycles. The highest BCUT2D eigenvalue weighted by molar-refractivity contribution is 6.11. The lowest BCUT2D eigenvalue weighted by Crippen LogP contribution is -2.62. The van der Waals surface area contributed by atoms with Gasteiger partial charge in [-0.15, -0.1) is 0 Å². The Hall–Kier alpha value is -3.19. The summed E-state index contributed by atoms with van der Waals surface area (Å²) in [6, 6.07) is 9.39. The molecule has 0 unspecified atom stereocenters. The second-order valence-electron chi connectivity index (χ2n) is 10.7. The van der Waals surface area contributed by atoms with Crippen LogP contribution in [0.1, 0.15) is 46.1 Å². The van der Waals surface area contributed by atoms with Gasteiger partial charge in [-0.05, 0) is 82.5 Å². The van der Waals surface area contributed by atoms with Crippen molar-refractivity contribution in [1.82, 2.24) is 15.2 Å². The lowest BCUT2D eigenvalue weighted by Gasteiger charge is -2.49. The van der Waals surface area contributed by atoms with E-state index in [2.05, 4.69) is 38.0 Å². The number of hydrogen-bond donors (Lipinski definition) is 4. The molecule has 2 aromatic rings. The van der Waals surface area contributed by atoms with Crippen molar-refractivity contribution >= 4 is 17.4 Å². The van der Waals surface area contributed by atoms with Crippen molar-refractivity contribution in [3.8, 4) is 16.9 Å². The molecular formula is C27H38N6O. The molecule has 0 saturated carbocycles. The molecule has 34 heavy (non-hydrogen) atoms. The van der Waals surface area contributed by atoms with E-state index < -0.39 is 0 Å². The van der Waals surface area contributed by atoms with Gasteiger partial charge in [0.15, 0.2) is 0 Å². The van der Waals surface area contributed by atoms with Crippen LogP contribution in [0, 0.1) is 10.8 Å². The predicted octanol–water partition coefficient (Wildman–Crippen LogP) is 4.66. The van der Waals surface area contributed by atoms with Gasteiger partial charge in [-0.2, -0.15) is 0 Å². The van der Waals surface area contributed by atoms with E-state index in [0.29, 0.717) is 11.4 Å². The number of benzene rings is 1. The first-order valence-electron chi connectivity index (χ1n) is 11.6. The van der Waals surface area contributed by atoms with Crippen LogP contribution in [0.25, 0.3) is 11.1 Å². The summed E-state index contributed by atoms with van der Waals surface area (Å²) in [7, 11) is 5.82. The minimum Gasteiger partial charge on any atom is -0.507 e. The van der Waals surface area contributed by atoms with Gasteiger partial charge in [-0.1, -0.05) is 6.07 Å². The smallest absolute Gasteiger partial charge is 0.127 e. The molecule has 3 rings (SSSR count). The van der Waals surface area contributed by atoms with E-state index in [-0.39, 0.29) is 28.6 Å². The van der Waals surface area contributed by atoms with Crippen molar-refractivity contribution in [2.24, 2.45) is 0 Å². The molecule has 1 aromatic carbocycles. The largest absolute Gasteiger partial charge is 0.507 e. The van der Waals surface area contributed by atoms with Crippen LogP contribution < -0.4 is 10.2 Å². The van der Waals surface area contributed by atoms with Crippen LogP contribution in [0.4, 0.5) is 5.82 Å². The zero-order chi connectivity index (χ0) is 25.3. The second-order valence-corrected chi connectivity index (χ2v) is 10.7. The van der Waals surface area contributed by atoms with Gasteiger partial charge in [0.05, 0.1) is 5.71 Å². The van der Waals surface area contributed by atoms with Gasteiger partial charge in [0, 0.05) is 55.6 Å². The Morgan fingerprint density at radius 1 is 1.00 bits per heavy atom. The number of phenolic OH excluding ortho intramolecular Hbond substituents is 1. The number of aromatic nitrogens is 1. The van der Waals surface area contributed by atoms with Gasteiger partial charge in [0.1, 0.15) is 17.4 Å². The van der Waals surface area contributed by atoms with Crippen LogP contribution in [-0.4, -0.2) is 64.8 Å². The Bertz CT molecular complexity index is 1070. The highest BCUT2D eigenvalue weighted by atomic mass is 16.3. The Balaban J connectivity index is 1.70. The number of allylic oxidation sites excluding steroid dienone is 1. The molecule has 4 N–H and O–H groups in total. The number of piperidine rings is 1. The Morgan fingerprint density at radius 3 is 2.15 bits per heavy atom. The highest BCUT2D eigenvalue weighted by Crippen LogP contribution is 2.31. The van der Waals surface area contributed by atoms with Crippen molar-refractivity contribution in [2.45, 2.75) is 57.7 Å². The summed E-state index contributed by atoms with van der Waals surface area (Å²) >= 11 is 0. The van der Waals surface area contributed by atoms with Crippen molar-refractivity contribution in [3.05, 3.63) is 54.2 Å². The summed E-state index contributed by atoms with van der Waals surface area (Å²) in [4.78, 5) is 8.34. The number of pyridine rings is 1. The topological polar surface area (TPSA) is 99.3 Å². The number of nitrogens with one attached hydrogen (secondary N) is 3. The predicted molar refractivity (Wildman–Crippen MR) is 141 cm³/mol. The molecule has 0 aliphatic carbocycles. The standard InChI is InChI=1S/C27H38N6O/c1-26(2)15-20(16-27(3,4)31-26)33(7)24(29)12-11-22(28)21-10-8-18(14-23(21)34)19-9-13-25(30-17-19)32(5)6/h8-14,17,20,28-29,31,34H,15-16H2,1-7H3/b12-11-,28-22?,29-24?. The van der Waals surface area contributed by atoms with Crippen LogP contribution in [0.3, 0.4) is 0 Å². The van der Waals surface area contributed by atoms with E-state index in [9.17, 15) is 5.11 Å². The van der Waals surface area contributed by atoms with Gasteiger partial charge >= 0.3 is 0 Å². The summed E-state index contributed by atoms with van der Waals surface area (Å²) < 4.78 is 0. The quantitative estimate of drug-likeness (QED) is 0.370. The minimum atomic E-state index is -0.00673. The molecule has 1 aliphatic rings. The van der Waals surface area contributed by atoms with Crippen LogP contribution in [0.5, 0.6) is 5.75 Å².